The van der Waals surface area contributed by atoms with E-state index in [2.05, 4.69) is 43.1 Å². The van der Waals surface area contributed by atoms with E-state index in [4.69, 9.17) is 0 Å². The number of hydrogen-bond donors (Lipinski definition) is 2. The Morgan fingerprint density at radius 3 is 2.58 bits per heavy atom. The summed E-state index contributed by atoms with van der Waals surface area (Å²) in [6, 6.07) is 8.40. The van der Waals surface area contributed by atoms with Gasteiger partial charge in [0.15, 0.2) is 0 Å². The predicted molar refractivity (Wildman–Crippen MR) is 102 cm³/mol. The Hall–Kier alpha value is -0.900. The molecule has 0 radical (unpaired) electrons. The molecule has 0 aromatic heterocycles. The third-order valence-corrected chi connectivity index (χ3v) is 5.00. The van der Waals surface area contributed by atoms with E-state index in [1.54, 1.807) is 0 Å². The number of aliphatic hydroxyl groups is 1. The monoisotopic (exact) mass is 332 g/mol. The van der Waals surface area contributed by atoms with Gasteiger partial charge in [0.1, 0.15) is 0 Å². The van der Waals surface area contributed by atoms with Crippen LogP contribution in [-0.4, -0.2) is 42.2 Å². The van der Waals surface area contributed by atoms with Crippen molar-refractivity contribution in [3.05, 3.63) is 35.4 Å². The first-order valence-electron chi connectivity index (χ1n) is 9.76. The van der Waals surface area contributed by atoms with Gasteiger partial charge in [-0.05, 0) is 70.3 Å². The number of rotatable bonds is 9. The molecule has 0 spiro atoms. The Bertz CT molecular complexity index is 469. The van der Waals surface area contributed by atoms with E-state index in [1.165, 1.54) is 44.5 Å². The van der Waals surface area contributed by atoms with Crippen LogP contribution in [0.15, 0.2) is 24.3 Å². The van der Waals surface area contributed by atoms with Crippen LogP contribution in [0.2, 0.25) is 0 Å². The maximum atomic E-state index is 10.8. The molecule has 2 unspecified atom stereocenters. The topological polar surface area (TPSA) is 35.5 Å². The molecule has 136 valence electrons. The highest BCUT2D eigenvalue weighted by molar-refractivity contribution is 5.25. The van der Waals surface area contributed by atoms with E-state index in [0.29, 0.717) is 5.92 Å². The molecule has 3 nitrogen and oxygen atoms in total. The van der Waals surface area contributed by atoms with E-state index >= 15 is 0 Å². The molecule has 0 amide bonds. The molecule has 1 fully saturated rings. The van der Waals surface area contributed by atoms with Gasteiger partial charge in [-0.2, -0.15) is 0 Å². The van der Waals surface area contributed by atoms with Gasteiger partial charge >= 0.3 is 0 Å². The lowest BCUT2D eigenvalue weighted by molar-refractivity contribution is 0.115. The molecule has 2 atom stereocenters. The summed E-state index contributed by atoms with van der Waals surface area (Å²) in [7, 11) is 0. The van der Waals surface area contributed by atoms with Crippen molar-refractivity contribution in [3.8, 4) is 0 Å². The summed E-state index contributed by atoms with van der Waals surface area (Å²) in [5, 5.41) is 14.5. The fourth-order valence-electron chi connectivity index (χ4n) is 3.69. The standard InChI is InChI=1S/C21H36N2O/c1-17(2)15-20(21(24)19-10-7-9-18(3)16-19)22-11-8-14-23-12-5-4-6-13-23/h7,9-10,16-17,20-22,24H,4-6,8,11-15H2,1-3H3. The zero-order valence-corrected chi connectivity index (χ0v) is 15.8. The first kappa shape index (κ1) is 19.4. The lowest BCUT2D eigenvalue weighted by atomic mass is 9.93. The maximum absolute atomic E-state index is 10.8. The summed E-state index contributed by atoms with van der Waals surface area (Å²) in [5.74, 6) is 0.573. The second-order valence-corrected chi connectivity index (χ2v) is 7.80. The maximum Gasteiger partial charge on any atom is 0.0943 e. The van der Waals surface area contributed by atoms with Crippen LogP contribution in [0.4, 0.5) is 0 Å². The Kier molecular flexibility index (Phi) is 8.23. The van der Waals surface area contributed by atoms with Gasteiger partial charge in [0.05, 0.1) is 6.10 Å². The minimum Gasteiger partial charge on any atom is -0.387 e. The van der Waals surface area contributed by atoms with Crippen LogP contribution in [0.1, 0.15) is 63.2 Å². The average Bonchev–Trinajstić information content (AvgIpc) is 2.57. The van der Waals surface area contributed by atoms with Gasteiger partial charge < -0.3 is 15.3 Å². The smallest absolute Gasteiger partial charge is 0.0943 e. The second kappa shape index (κ2) is 10.2. The molecule has 2 N–H and O–H groups in total. The van der Waals surface area contributed by atoms with Gasteiger partial charge in [-0.15, -0.1) is 0 Å². The summed E-state index contributed by atoms with van der Waals surface area (Å²) in [6.45, 7) is 11.2. The van der Waals surface area contributed by atoms with Gasteiger partial charge in [-0.25, -0.2) is 0 Å². The molecule has 1 aromatic carbocycles. The molecule has 1 saturated heterocycles. The van der Waals surface area contributed by atoms with Gasteiger partial charge in [-0.3, -0.25) is 0 Å². The number of aliphatic hydroxyl groups excluding tert-OH is 1. The van der Waals surface area contributed by atoms with Crippen LogP contribution >= 0.6 is 0 Å². The predicted octanol–water partition coefficient (Wildman–Crippen LogP) is 3.91. The number of piperidine rings is 1. The molecule has 2 rings (SSSR count). The van der Waals surface area contributed by atoms with Gasteiger partial charge in [0.2, 0.25) is 0 Å². The van der Waals surface area contributed by atoms with Crippen LogP contribution in [0, 0.1) is 12.8 Å². The zero-order chi connectivity index (χ0) is 17.4. The third-order valence-electron chi connectivity index (χ3n) is 5.00. The molecule has 1 aliphatic rings. The minimum atomic E-state index is -0.428. The molecule has 0 bridgehead atoms. The number of nitrogens with zero attached hydrogens (tertiary/aromatic N) is 1. The SMILES string of the molecule is Cc1cccc(C(O)C(CC(C)C)NCCCN2CCCCC2)c1. The largest absolute Gasteiger partial charge is 0.387 e. The highest BCUT2D eigenvalue weighted by Gasteiger charge is 2.21. The third kappa shape index (κ3) is 6.54. The van der Waals surface area contributed by atoms with Crippen molar-refractivity contribution in [2.24, 2.45) is 5.92 Å². The summed E-state index contributed by atoms with van der Waals surface area (Å²) >= 11 is 0. The lowest BCUT2D eigenvalue weighted by Gasteiger charge is -2.28. The van der Waals surface area contributed by atoms with E-state index in [1.807, 2.05) is 12.1 Å². The summed E-state index contributed by atoms with van der Waals surface area (Å²) in [6.07, 6.45) is 5.84. The van der Waals surface area contributed by atoms with E-state index in [0.717, 1.165) is 24.9 Å². The normalized spacial score (nSPS) is 18.7. The van der Waals surface area contributed by atoms with E-state index in [-0.39, 0.29) is 6.04 Å². The fourth-order valence-corrected chi connectivity index (χ4v) is 3.69. The van der Waals surface area contributed by atoms with E-state index in [9.17, 15) is 5.11 Å². The Morgan fingerprint density at radius 2 is 1.92 bits per heavy atom. The summed E-state index contributed by atoms with van der Waals surface area (Å²) < 4.78 is 0. The van der Waals surface area contributed by atoms with Crippen molar-refractivity contribution in [3.63, 3.8) is 0 Å². The Morgan fingerprint density at radius 1 is 1.17 bits per heavy atom. The molecule has 1 aliphatic heterocycles. The molecule has 3 heteroatoms. The molecular weight excluding hydrogens is 296 g/mol. The van der Waals surface area contributed by atoms with Crippen molar-refractivity contribution in [2.75, 3.05) is 26.2 Å². The molecule has 24 heavy (non-hydrogen) atoms. The molecular formula is C21H36N2O. The number of nitrogens with one attached hydrogen (secondary N) is 1. The highest BCUT2D eigenvalue weighted by Crippen LogP contribution is 2.22. The Labute approximate surface area is 148 Å². The number of hydrogen-bond acceptors (Lipinski definition) is 3. The van der Waals surface area contributed by atoms with E-state index < -0.39 is 6.10 Å². The van der Waals surface area contributed by atoms with Crippen LogP contribution in [-0.2, 0) is 0 Å². The molecule has 1 aromatic rings. The van der Waals surface area contributed by atoms with Crippen LogP contribution in [0.3, 0.4) is 0 Å². The lowest BCUT2D eigenvalue weighted by Crippen LogP contribution is -2.38. The number of benzene rings is 1. The fraction of sp³-hybridized carbons (Fsp3) is 0.714. The summed E-state index contributed by atoms with van der Waals surface area (Å²) in [4.78, 5) is 2.58. The van der Waals surface area contributed by atoms with Gasteiger partial charge in [-0.1, -0.05) is 50.1 Å². The van der Waals surface area contributed by atoms with Crippen molar-refractivity contribution in [1.29, 1.82) is 0 Å². The quantitative estimate of drug-likeness (QED) is 0.673. The van der Waals surface area contributed by atoms with Crippen molar-refractivity contribution >= 4 is 0 Å². The van der Waals surface area contributed by atoms with Gasteiger partial charge in [0, 0.05) is 6.04 Å². The zero-order valence-electron chi connectivity index (χ0n) is 15.8. The number of likely N-dealkylation sites (tertiary alicyclic amines) is 1. The molecule has 1 heterocycles. The second-order valence-electron chi connectivity index (χ2n) is 7.80. The Balaban J connectivity index is 1.83. The number of aryl methyl sites for hydroxylation is 1. The molecule has 0 aliphatic carbocycles. The van der Waals surface area contributed by atoms with Crippen LogP contribution < -0.4 is 5.32 Å². The van der Waals surface area contributed by atoms with Crippen molar-refractivity contribution < 1.29 is 5.11 Å². The highest BCUT2D eigenvalue weighted by atomic mass is 16.3. The summed E-state index contributed by atoms with van der Waals surface area (Å²) in [5.41, 5.74) is 2.24. The first-order chi connectivity index (χ1) is 11.6. The van der Waals surface area contributed by atoms with Crippen molar-refractivity contribution in [1.82, 2.24) is 10.2 Å². The van der Waals surface area contributed by atoms with Crippen LogP contribution in [0.5, 0.6) is 0 Å². The molecule has 0 saturated carbocycles. The van der Waals surface area contributed by atoms with Gasteiger partial charge in [0.25, 0.3) is 0 Å². The first-order valence-corrected chi connectivity index (χ1v) is 9.76. The van der Waals surface area contributed by atoms with Crippen LogP contribution in [0.25, 0.3) is 0 Å². The van der Waals surface area contributed by atoms with Crippen molar-refractivity contribution in [2.45, 2.75) is 65.0 Å². The average molecular weight is 333 g/mol. The minimum absolute atomic E-state index is 0.133.